The van der Waals surface area contributed by atoms with Crippen LogP contribution in [0.4, 0.5) is 10.1 Å². The Bertz CT molecular complexity index is 1110. The number of anilines is 1. The van der Waals surface area contributed by atoms with E-state index in [4.69, 9.17) is 23.8 Å². The first-order valence-electron chi connectivity index (χ1n) is 7.44. The van der Waals surface area contributed by atoms with Crippen molar-refractivity contribution in [3.8, 4) is 0 Å². The zero-order valence-electron chi connectivity index (χ0n) is 13.1. The van der Waals surface area contributed by atoms with Crippen LogP contribution in [0.15, 0.2) is 41.2 Å². The number of hydrogen-bond acceptors (Lipinski definition) is 3. The van der Waals surface area contributed by atoms with Crippen LogP contribution in [0, 0.1) is 10.6 Å². The summed E-state index contributed by atoms with van der Waals surface area (Å²) in [5.74, 6) is -1.07. The highest BCUT2D eigenvalue weighted by Crippen LogP contribution is 2.20. The summed E-state index contributed by atoms with van der Waals surface area (Å²) in [7, 11) is 0. The summed E-state index contributed by atoms with van der Waals surface area (Å²) in [6.45, 7) is 2.28. The summed E-state index contributed by atoms with van der Waals surface area (Å²) in [6, 6.07) is 8.62. The average Bonchev–Trinajstić information content (AvgIpc) is 2.58. The smallest absolute Gasteiger partial charge is 0.262 e. The Morgan fingerprint density at radius 1 is 1.32 bits per heavy atom. The van der Waals surface area contributed by atoms with Gasteiger partial charge in [-0.3, -0.25) is 14.2 Å². The van der Waals surface area contributed by atoms with Gasteiger partial charge in [-0.2, -0.15) is 0 Å². The third kappa shape index (κ3) is 3.33. The van der Waals surface area contributed by atoms with Gasteiger partial charge in [-0.25, -0.2) is 4.39 Å². The van der Waals surface area contributed by atoms with Gasteiger partial charge in [0.25, 0.3) is 11.5 Å². The predicted octanol–water partition coefficient (Wildman–Crippen LogP) is 4.12. The van der Waals surface area contributed by atoms with Crippen LogP contribution in [0.25, 0.3) is 10.9 Å². The van der Waals surface area contributed by atoms with Crippen molar-refractivity contribution in [2.24, 2.45) is 0 Å². The van der Waals surface area contributed by atoms with Gasteiger partial charge in [0.1, 0.15) is 5.82 Å². The molecule has 0 aliphatic rings. The fraction of sp³-hybridized carbons (Fsp3) is 0.118. The number of carbonyl (C=O) groups is 1. The molecule has 25 heavy (non-hydrogen) atoms. The Morgan fingerprint density at radius 2 is 2.08 bits per heavy atom. The molecule has 1 aromatic heterocycles. The van der Waals surface area contributed by atoms with Gasteiger partial charge in [0, 0.05) is 17.8 Å². The molecule has 8 heteroatoms. The molecule has 0 saturated carbocycles. The summed E-state index contributed by atoms with van der Waals surface area (Å²) in [5, 5.41) is 2.99. The van der Waals surface area contributed by atoms with Crippen molar-refractivity contribution < 1.29 is 9.18 Å². The lowest BCUT2D eigenvalue weighted by molar-refractivity contribution is 0.102. The zero-order chi connectivity index (χ0) is 18.1. The van der Waals surface area contributed by atoms with Crippen LogP contribution in [0.5, 0.6) is 0 Å². The molecule has 3 rings (SSSR count). The molecule has 3 aromatic rings. The van der Waals surface area contributed by atoms with E-state index < -0.39 is 11.7 Å². The Hall–Kier alpha value is -2.51. The molecule has 0 bridgehead atoms. The standard InChI is InChI=1S/C17H13ClFN3O2S/c1-2-22-16(24)11-5-3-9(7-14(11)21-17(22)25)15(23)20-10-4-6-12(18)13(19)8-10/h3-8H,2H2,1H3,(H,20,23)(H,21,25). The molecule has 0 atom stereocenters. The Labute approximate surface area is 152 Å². The number of halogens is 2. The van der Waals surface area contributed by atoms with Crippen LogP contribution in [-0.2, 0) is 6.54 Å². The molecule has 2 N–H and O–H groups in total. The average molecular weight is 378 g/mol. The number of nitrogens with one attached hydrogen (secondary N) is 2. The number of fused-ring (bicyclic) bond motifs is 1. The molecule has 0 aliphatic heterocycles. The largest absolute Gasteiger partial charge is 0.332 e. The SMILES string of the molecule is CCn1c(=S)[nH]c2cc(C(=O)Nc3ccc(Cl)c(F)c3)ccc2c1=O. The van der Waals surface area contributed by atoms with Crippen molar-refractivity contribution in [3.05, 3.63) is 67.9 Å². The van der Waals surface area contributed by atoms with E-state index in [-0.39, 0.29) is 21.0 Å². The maximum absolute atomic E-state index is 13.5. The Balaban J connectivity index is 1.98. The van der Waals surface area contributed by atoms with Gasteiger partial charge in [0.2, 0.25) is 0 Å². The van der Waals surface area contributed by atoms with Gasteiger partial charge in [-0.15, -0.1) is 0 Å². The quantitative estimate of drug-likeness (QED) is 0.674. The van der Waals surface area contributed by atoms with Crippen LogP contribution in [0.2, 0.25) is 5.02 Å². The lowest BCUT2D eigenvalue weighted by atomic mass is 10.1. The first kappa shape index (κ1) is 17.3. The Morgan fingerprint density at radius 3 is 2.76 bits per heavy atom. The van der Waals surface area contributed by atoms with Crippen molar-refractivity contribution >= 4 is 46.3 Å². The molecule has 0 aliphatic carbocycles. The lowest BCUT2D eigenvalue weighted by Gasteiger charge is -2.08. The van der Waals surface area contributed by atoms with Crippen molar-refractivity contribution in [2.75, 3.05) is 5.32 Å². The minimum absolute atomic E-state index is 0.0246. The topological polar surface area (TPSA) is 66.9 Å². The van der Waals surface area contributed by atoms with Crippen LogP contribution in [0.3, 0.4) is 0 Å². The monoisotopic (exact) mass is 377 g/mol. The molecule has 1 heterocycles. The fourth-order valence-corrected chi connectivity index (χ4v) is 2.90. The molecule has 128 valence electrons. The summed E-state index contributed by atoms with van der Waals surface area (Å²) in [5.41, 5.74) is 0.839. The van der Waals surface area contributed by atoms with Gasteiger partial charge in [-0.05, 0) is 55.5 Å². The van der Waals surface area contributed by atoms with Gasteiger partial charge in [0.15, 0.2) is 4.77 Å². The fourth-order valence-electron chi connectivity index (χ4n) is 2.46. The maximum atomic E-state index is 13.5. The van der Waals surface area contributed by atoms with E-state index in [1.54, 1.807) is 6.07 Å². The predicted molar refractivity (Wildman–Crippen MR) is 98.4 cm³/mol. The van der Waals surface area contributed by atoms with E-state index in [0.717, 1.165) is 6.07 Å². The van der Waals surface area contributed by atoms with E-state index in [9.17, 15) is 14.0 Å². The van der Waals surface area contributed by atoms with Crippen LogP contribution >= 0.6 is 23.8 Å². The second-order valence-corrected chi connectivity index (χ2v) is 6.12. The van der Waals surface area contributed by atoms with Crippen molar-refractivity contribution in [2.45, 2.75) is 13.5 Å². The molecule has 1 amide bonds. The Kier molecular flexibility index (Phi) is 4.69. The number of hydrogen-bond donors (Lipinski definition) is 2. The van der Waals surface area contributed by atoms with Gasteiger partial charge in [0.05, 0.1) is 15.9 Å². The van der Waals surface area contributed by atoms with E-state index in [1.165, 1.54) is 28.8 Å². The summed E-state index contributed by atoms with van der Waals surface area (Å²) < 4.78 is 15.2. The highest BCUT2D eigenvalue weighted by atomic mass is 35.5. The number of benzene rings is 2. The van der Waals surface area contributed by atoms with E-state index in [0.29, 0.717) is 23.0 Å². The second-order valence-electron chi connectivity index (χ2n) is 5.32. The van der Waals surface area contributed by atoms with Gasteiger partial charge < -0.3 is 10.3 Å². The highest BCUT2D eigenvalue weighted by molar-refractivity contribution is 7.71. The molecule has 0 saturated heterocycles. The van der Waals surface area contributed by atoms with Crippen LogP contribution in [-0.4, -0.2) is 15.5 Å². The normalized spacial score (nSPS) is 10.8. The minimum Gasteiger partial charge on any atom is -0.332 e. The molecular formula is C17H13ClFN3O2S. The number of rotatable bonds is 3. The molecular weight excluding hydrogens is 365 g/mol. The number of aromatic nitrogens is 2. The minimum atomic E-state index is -0.623. The van der Waals surface area contributed by atoms with Crippen LogP contribution < -0.4 is 10.9 Å². The molecule has 0 spiro atoms. The molecule has 0 radical (unpaired) electrons. The second kappa shape index (κ2) is 6.78. The number of carbonyl (C=O) groups excluding carboxylic acids is 1. The van der Waals surface area contributed by atoms with E-state index in [1.807, 2.05) is 6.92 Å². The number of aromatic amines is 1. The summed E-state index contributed by atoms with van der Waals surface area (Å²) in [4.78, 5) is 27.6. The number of H-pyrrole nitrogens is 1. The first-order chi connectivity index (χ1) is 11.9. The lowest BCUT2D eigenvalue weighted by Crippen LogP contribution is -2.21. The molecule has 0 fully saturated rings. The van der Waals surface area contributed by atoms with E-state index in [2.05, 4.69) is 10.3 Å². The molecule has 2 aromatic carbocycles. The van der Waals surface area contributed by atoms with Crippen molar-refractivity contribution in [3.63, 3.8) is 0 Å². The van der Waals surface area contributed by atoms with Crippen molar-refractivity contribution in [1.29, 1.82) is 0 Å². The third-order valence-electron chi connectivity index (χ3n) is 3.74. The molecule has 5 nitrogen and oxygen atoms in total. The van der Waals surface area contributed by atoms with E-state index >= 15 is 0 Å². The molecule has 0 unspecified atom stereocenters. The zero-order valence-corrected chi connectivity index (χ0v) is 14.7. The number of amides is 1. The van der Waals surface area contributed by atoms with Crippen molar-refractivity contribution in [1.82, 2.24) is 9.55 Å². The summed E-state index contributed by atoms with van der Waals surface area (Å²) in [6.07, 6.45) is 0. The highest BCUT2D eigenvalue weighted by Gasteiger charge is 2.11. The van der Waals surface area contributed by atoms with Crippen LogP contribution in [0.1, 0.15) is 17.3 Å². The maximum Gasteiger partial charge on any atom is 0.262 e. The number of nitrogens with zero attached hydrogens (tertiary/aromatic N) is 1. The summed E-state index contributed by atoms with van der Waals surface area (Å²) >= 11 is 10.8. The first-order valence-corrected chi connectivity index (χ1v) is 8.22. The van der Waals surface area contributed by atoms with Gasteiger partial charge >= 0.3 is 0 Å². The third-order valence-corrected chi connectivity index (χ3v) is 4.37. The van der Waals surface area contributed by atoms with Gasteiger partial charge in [-0.1, -0.05) is 11.6 Å².